The van der Waals surface area contributed by atoms with Gasteiger partial charge in [-0.05, 0) is 24.3 Å². The first kappa shape index (κ1) is 16.5. The van der Waals surface area contributed by atoms with Crippen LogP contribution >= 0.6 is 11.3 Å². The second-order valence-corrected chi connectivity index (χ2v) is 5.92. The number of anilines is 1. The van der Waals surface area contributed by atoms with Gasteiger partial charge in [-0.25, -0.2) is 4.98 Å². The van der Waals surface area contributed by atoms with Gasteiger partial charge in [0.25, 0.3) is 5.69 Å². The Labute approximate surface area is 146 Å². The first-order valence-corrected chi connectivity index (χ1v) is 7.95. The summed E-state index contributed by atoms with van der Waals surface area (Å²) in [6.45, 7) is 0. The monoisotopic (exact) mass is 355 g/mol. The molecule has 3 aromatic rings. The maximum atomic E-state index is 10.9. The van der Waals surface area contributed by atoms with Gasteiger partial charge in [0.2, 0.25) is 0 Å². The molecule has 1 aromatic heterocycles. The number of nitrogen functional groups attached to an aromatic ring is 1. The van der Waals surface area contributed by atoms with Crippen molar-refractivity contribution in [3.63, 3.8) is 0 Å². The Kier molecular flexibility index (Phi) is 4.66. The van der Waals surface area contributed by atoms with Crippen LogP contribution in [-0.2, 0) is 0 Å². The van der Waals surface area contributed by atoms with Crippen molar-refractivity contribution in [1.82, 2.24) is 4.98 Å². The van der Waals surface area contributed by atoms with Crippen molar-refractivity contribution in [1.29, 1.82) is 0 Å². The molecular weight excluding hydrogens is 342 g/mol. The number of nitro benzene ring substituents is 1. The van der Waals surface area contributed by atoms with E-state index in [1.165, 1.54) is 12.1 Å². The number of aromatic nitrogens is 1. The third-order valence-electron chi connectivity index (χ3n) is 3.28. The number of benzene rings is 2. The van der Waals surface area contributed by atoms with Crippen LogP contribution in [0.5, 0.6) is 5.75 Å². The molecule has 0 aliphatic heterocycles. The fraction of sp³-hybridized carbons (Fsp3) is 0.0625. The fourth-order valence-electron chi connectivity index (χ4n) is 2.10. The van der Waals surface area contributed by atoms with Gasteiger partial charge in [-0.3, -0.25) is 10.1 Å². The summed E-state index contributed by atoms with van der Waals surface area (Å²) in [5.74, 6) is 0.721. The van der Waals surface area contributed by atoms with Gasteiger partial charge in [-0.15, -0.1) is 10.2 Å². The van der Waals surface area contributed by atoms with Crippen LogP contribution in [0.25, 0.3) is 11.3 Å². The summed E-state index contributed by atoms with van der Waals surface area (Å²) in [6.07, 6.45) is 0. The van der Waals surface area contributed by atoms with Gasteiger partial charge in [0.05, 0.1) is 17.7 Å². The number of ether oxygens (including phenoxy) is 1. The van der Waals surface area contributed by atoms with Crippen LogP contribution in [0.1, 0.15) is 0 Å². The van der Waals surface area contributed by atoms with Crippen molar-refractivity contribution in [2.45, 2.75) is 0 Å². The smallest absolute Gasteiger partial charge is 0.270 e. The third-order valence-corrected chi connectivity index (χ3v) is 4.05. The molecule has 0 radical (unpaired) electrons. The van der Waals surface area contributed by atoms with Crippen molar-refractivity contribution in [2.75, 3.05) is 12.8 Å². The molecule has 3 rings (SSSR count). The minimum Gasteiger partial charge on any atom is -0.497 e. The van der Waals surface area contributed by atoms with Crippen LogP contribution < -0.4 is 10.5 Å². The highest BCUT2D eigenvalue weighted by Gasteiger charge is 2.15. The Morgan fingerprint density at radius 2 is 1.96 bits per heavy atom. The molecule has 2 N–H and O–H groups in total. The number of nitrogens with zero attached hydrogens (tertiary/aromatic N) is 4. The molecule has 0 atom stereocenters. The zero-order valence-corrected chi connectivity index (χ0v) is 13.9. The van der Waals surface area contributed by atoms with Crippen molar-refractivity contribution in [2.24, 2.45) is 10.2 Å². The maximum Gasteiger partial charge on any atom is 0.270 e. The van der Waals surface area contributed by atoms with Crippen LogP contribution in [0.2, 0.25) is 0 Å². The number of azo groups is 1. The predicted molar refractivity (Wildman–Crippen MR) is 95.8 cm³/mol. The van der Waals surface area contributed by atoms with E-state index in [2.05, 4.69) is 15.2 Å². The van der Waals surface area contributed by atoms with Gasteiger partial charge >= 0.3 is 0 Å². The van der Waals surface area contributed by atoms with E-state index in [1.807, 2.05) is 0 Å². The lowest BCUT2D eigenvalue weighted by molar-refractivity contribution is -0.384. The molecular formula is C16H13N5O3S. The summed E-state index contributed by atoms with van der Waals surface area (Å²) in [5.41, 5.74) is 7.41. The number of methoxy groups -OCH3 is 1. The number of thiazole rings is 1. The van der Waals surface area contributed by atoms with E-state index >= 15 is 0 Å². The minimum absolute atomic E-state index is 0.0258. The number of hydrogen-bond donors (Lipinski definition) is 1. The summed E-state index contributed by atoms with van der Waals surface area (Å²) in [5, 5.41) is 20.1. The van der Waals surface area contributed by atoms with E-state index in [0.29, 0.717) is 27.1 Å². The maximum absolute atomic E-state index is 10.9. The summed E-state index contributed by atoms with van der Waals surface area (Å²) >= 11 is 1.16. The zero-order chi connectivity index (χ0) is 17.8. The molecule has 1 heterocycles. The van der Waals surface area contributed by atoms with Crippen molar-refractivity contribution < 1.29 is 9.66 Å². The fourth-order valence-corrected chi connectivity index (χ4v) is 2.78. The second kappa shape index (κ2) is 7.05. The number of rotatable bonds is 5. The molecule has 0 fully saturated rings. The van der Waals surface area contributed by atoms with Crippen molar-refractivity contribution >= 4 is 32.8 Å². The predicted octanol–water partition coefficient (Wildman–Crippen LogP) is 4.72. The number of nitrogens with two attached hydrogens (primary N) is 1. The number of non-ortho nitro benzene ring substituents is 1. The molecule has 126 valence electrons. The highest BCUT2D eigenvalue weighted by Crippen LogP contribution is 2.38. The molecule has 0 saturated carbocycles. The largest absolute Gasteiger partial charge is 0.497 e. The molecule has 0 aliphatic rings. The normalized spacial score (nSPS) is 10.9. The zero-order valence-electron chi connectivity index (χ0n) is 13.1. The molecule has 0 amide bonds. The average molecular weight is 355 g/mol. The van der Waals surface area contributed by atoms with Gasteiger partial charge in [0.15, 0.2) is 10.1 Å². The second-order valence-electron chi connectivity index (χ2n) is 4.91. The number of hydrogen-bond acceptors (Lipinski definition) is 8. The average Bonchev–Trinajstić information content (AvgIpc) is 3.01. The lowest BCUT2D eigenvalue weighted by atomic mass is 10.1. The molecule has 2 aromatic carbocycles. The van der Waals surface area contributed by atoms with Crippen LogP contribution in [-0.4, -0.2) is 17.0 Å². The number of nitro groups is 1. The Balaban J connectivity index is 1.94. The van der Waals surface area contributed by atoms with Crippen LogP contribution in [0, 0.1) is 10.1 Å². The van der Waals surface area contributed by atoms with Gasteiger partial charge in [0.1, 0.15) is 11.4 Å². The molecule has 0 spiro atoms. The molecule has 0 unspecified atom stereocenters. The van der Waals surface area contributed by atoms with E-state index in [4.69, 9.17) is 10.5 Å². The van der Waals surface area contributed by atoms with Gasteiger partial charge in [-0.2, -0.15) is 0 Å². The van der Waals surface area contributed by atoms with Gasteiger partial charge in [-0.1, -0.05) is 23.5 Å². The third kappa shape index (κ3) is 3.78. The van der Waals surface area contributed by atoms with Crippen molar-refractivity contribution in [3.05, 3.63) is 58.6 Å². The van der Waals surface area contributed by atoms with Crippen molar-refractivity contribution in [3.8, 4) is 17.0 Å². The first-order valence-electron chi connectivity index (χ1n) is 7.14. The van der Waals surface area contributed by atoms with E-state index < -0.39 is 4.92 Å². The highest BCUT2D eigenvalue weighted by molar-refractivity contribution is 7.19. The quantitative estimate of drug-likeness (QED) is 0.403. The SMILES string of the molecule is COc1ccc(N=Nc2sc(N)nc2-c2cccc([N+](=O)[O-])c2)cc1. The van der Waals surface area contributed by atoms with Crippen LogP contribution in [0.3, 0.4) is 0 Å². The molecule has 0 aliphatic carbocycles. The summed E-state index contributed by atoms with van der Waals surface area (Å²) < 4.78 is 5.09. The van der Waals surface area contributed by atoms with Crippen LogP contribution in [0.4, 0.5) is 21.5 Å². The van der Waals surface area contributed by atoms with E-state index in [-0.39, 0.29) is 5.69 Å². The molecule has 25 heavy (non-hydrogen) atoms. The Morgan fingerprint density at radius 3 is 2.64 bits per heavy atom. The summed E-state index contributed by atoms with van der Waals surface area (Å²) in [6, 6.07) is 13.2. The minimum atomic E-state index is -0.461. The summed E-state index contributed by atoms with van der Waals surface area (Å²) in [4.78, 5) is 14.7. The molecule has 0 saturated heterocycles. The lowest BCUT2D eigenvalue weighted by Gasteiger charge is -1.99. The van der Waals surface area contributed by atoms with E-state index in [0.717, 1.165) is 17.1 Å². The molecule has 9 heteroatoms. The van der Waals surface area contributed by atoms with E-state index in [9.17, 15) is 10.1 Å². The van der Waals surface area contributed by atoms with E-state index in [1.54, 1.807) is 43.5 Å². The molecule has 8 nitrogen and oxygen atoms in total. The van der Waals surface area contributed by atoms with Gasteiger partial charge < -0.3 is 10.5 Å². The highest BCUT2D eigenvalue weighted by atomic mass is 32.1. The Bertz CT molecular complexity index is 937. The van der Waals surface area contributed by atoms with Gasteiger partial charge in [0, 0.05) is 17.7 Å². The van der Waals surface area contributed by atoms with Crippen LogP contribution in [0.15, 0.2) is 58.8 Å². The topological polar surface area (TPSA) is 116 Å². The lowest BCUT2D eigenvalue weighted by Crippen LogP contribution is -1.88. The Hall–Kier alpha value is -3.33. The first-order chi connectivity index (χ1) is 12.1. The molecule has 0 bridgehead atoms. The Morgan fingerprint density at radius 1 is 1.20 bits per heavy atom. The standard InChI is InChI=1S/C16H13N5O3S/c1-24-13-7-5-11(6-8-13)19-20-15-14(18-16(17)25-15)10-3-2-4-12(9-10)21(22)23/h2-9H,1H3,(H2,17,18). The summed E-state index contributed by atoms with van der Waals surface area (Å²) in [7, 11) is 1.59.